The number of carbonyl (C=O) groups is 2. The number of phenols is 5. The molecule has 288 valence electrons. The van der Waals surface area contributed by atoms with Crippen molar-refractivity contribution < 1.29 is 64.7 Å². The van der Waals surface area contributed by atoms with Crippen molar-refractivity contribution in [3.8, 4) is 46.0 Å². The summed E-state index contributed by atoms with van der Waals surface area (Å²) in [6.45, 7) is 2.34. The van der Waals surface area contributed by atoms with Crippen LogP contribution in [0.1, 0.15) is 79.1 Å². The first-order valence-corrected chi connectivity index (χ1v) is 17.3. The second-order valence-corrected chi connectivity index (χ2v) is 12.9. The van der Waals surface area contributed by atoms with Gasteiger partial charge in [-0.05, 0) is 47.0 Å². The number of Topliss-reactive ketones (excluding diaryl/α,β-unsaturated/α-hetero) is 2. The highest BCUT2D eigenvalue weighted by molar-refractivity contribution is 6.03. The fourth-order valence-electron chi connectivity index (χ4n) is 6.35. The zero-order valence-electron chi connectivity index (χ0n) is 29.8. The summed E-state index contributed by atoms with van der Waals surface area (Å²) < 4.78 is 16.7. The van der Waals surface area contributed by atoms with Gasteiger partial charge in [0.15, 0.2) is 46.1 Å². The molecule has 56 heavy (non-hydrogen) atoms. The minimum Gasteiger partial charge on any atom is -0.507 e. The quantitative estimate of drug-likeness (QED) is 0.0718. The molecule has 0 saturated carbocycles. The number of allylic oxidation sites excluding steroid dienone is 1. The van der Waals surface area contributed by atoms with Crippen molar-refractivity contribution >= 4 is 17.6 Å². The Morgan fingerprint density at radius 1 is 0.607 bits per heavy atom. The van der Waals surface area contributed by atoms with Crippen LogP contribution in [0.25, 0.3) is 6.08 Å². The van der Waals surface area contributed by atoms with Gasteiger partial charge in [-0.2, -0.15) is 0 Å². The third-order valence-electron chi connectivity index (χ3n) is 9.24. The number of hydrogen-bond acceptors (Lipinski definition) is 13. The molecule has 0 saturated heterocycles. The van der Waals surface area contributed by atoms with Crippen LogP contribution in [0.4, 0.5) is 0 Å². The van der Waals surface area contributed by atoms with E-state index >= 15 is 0 Å². The maximum atomic E-state index is 12.4. The average Bonchev–Trinajstić information content (AvgIpc) is 3.20. The summed E-state index contributed by atoms with van der Waals surface area (Å²) in [5.41, 5.74) is 3.22. The summed E-state index contributed by atoms with van der Waals surface area (Å²) >= 11 is 0. The van der Waals surface area contributed by atoms with Crippen LogP contribution in [0, 0.1) is 0 Å². The van der Waals surface area contributed by atoms with Gasteiger partial charge in [0.25, 0.3) is 0 Å². The lowest BCUT2D eigenvalue weighted by Crippen LogP contribution is -2.21. The summed E-state index contributed by atoms with van der Waals surface area (Å²) in [5.74, 6) is -0.662. The minimum absolute atomic E-state index is 0.0307. The average molecular weight is 763 g/mol. The van der Waals surface area contributed by atoms with Crippen LogP contribution in [0.2, 0.25) is 0 Å². The Bertz CT molecular complexity index is 2320. The lowest BCUT2D eigenvalue weighted by Gasteiger charge is -2.27. The highest BCUT2D eigenvalue weighted by Crippen LogP contribution is 2.47. The van der Waals surface area contributed by atoms with Gasteiger partial charge < -0.3 is 55.1 Å². The van der Waals surface area contributed by atoms with Crippen LogP contribution in [0.15, 0.2) is 103 Å². The Labute approximate surface area is 320 Å². The van der Waals surface area contributed by atoms with Gasteiger partial charge in [-0.15, -0.1) is 0 Å². The molecule has 5 aromatic rings. The van der Waals surface area contributed by atoms with E-state index < -0.39 is 25.4 Å². The zero-order valence-corrected chi connectivity index (χ0v) is 29.8. The van der Waals surface area contributed by atoms with Gasteiger partial charge in [-0.1, -0.05) is 67.2 Å². The van der Waals surface area contributed by atoms with Crippen molar-refractivity contribution in [3.05, 3.63) is 148 Å². The van der Waals surface area contributed by atoms with Crippen LogP contribution >= 0.6 is 0 Å². The Hall–Kier alpha value is -6.80. The van der Waals surface area contributed by atoms with Gasteiger partial charge in [-0.3, -0.25) is 9.59 Å². The number of phenolic OH excluding ortho intramolecular Hbond substituents is 3. The molecule has 3 aliphatic heterocycles. The molecule has 0 amide bonds. The second kappa shape index (κ2) is 16.7. The Balaban J connectivity index is 0.000000147. The lowest BCUT2D eigenvalue weighted by atomic mass is 9.92. The maximum absolute atomic E-state index is 12.4. The smallest absolute Gasteiger partial charge is 0.176 e. The number of aliphatic hydroxyl groups excluding tert-OH is 3. The first kappa shape index (κ1) is 38.9. The van der Waals surface area contributed by atoms with E-state index in [9.17, 15) is 50.4 Å². The zero-order chi connectivity index (χ0) is 40.1. The Morgan fingerprint density at radius 2 is 1.18 bits per heavy atom. The molecule has 0 aromatic heterocycles. The van der Waals surface area contributed by atoms with Crippen LogP contribution in [-0.2, 0) is 19.8 Å². The maximum Gasteiger partial charge on any atom is 0.176 e. The monoisotopic (exact) mass is 762 g/mol. The van der Waals surface area contributed by atoms with Crippen molar-refractivity contribution in [3.63, 3.8) is 0 Å². The summed E-state index contributed by atoms with van der Waals surface area (Å²) in [7, 11) is 0. The third-order valence-corrected chi connectivity index (χ3v) is 9.24. The van der Waals surface area contributed by atoms with Crippen molar-refractivity contribution in [2.75, 3.05) is 0 Å². The van der Waals surface area contributed by atoms with E-state index in [0.29, 0.717) is 17.1 Å². The molecular weight excluding hydrogens is 724 g/mol. The van der Waals surface area contributed by atoms with Crippen LogP contribution < -0.4 is 14.2 Å². The molecule has 3 heterocycles. The molecule has 0 fully saturated rings. The standard InChI is InChI=1S/C17H16O5.C16H14O5.C10H8O3/c18-8-11-6-12-14(20)7-15(10-4-2-1-3-5-10)22-17(12)16(21)13(11)9-19;17-8-10-6-11(18)14-12(19)7-13(21-16(14)15(10)20)9-4-2-1-3-5-9;1-6-2-3-7-4-8(11)9(12)5-10(7)13-6/h1-6,15,18-19,21H,7-9H2;1-6,13,17-18,20H,7-8H2;2-5,11-12H,1H2. The molecule has 0 bridgehead atoms. The number of aliphatic hydroxyl groups is 3. The van der Waals surface area contributed by atoms with Gasteiger partial charge in [0.05, 0.1) is 38.2 Å². The van der Waals surface area contributed by atoms with Gasteiger partial charge >= 0.3 is 0 Å². The number of fused-ring (bicyclic) bond motifs is 3. The van der Waals surface area contributed by atoms with Crippen molar-refractivity contribution in [1.29, 1.82) is 0 Å². The van der Waals surface area contributed by atoms with E-state index in [0.717, 1.165) is 16.7 Å². The van der Waals surface area contributed by atoms with Crippen LogP contribution in [-0.4, -0.2) is 52.4 Å². The van der Waals surface area contributed by atoms with Gasteiger partial charge in [-0.25, -0.2) is 0 Å². The number of rotatable bonds is 5. The molecule has 13 nitrogen and oxygen atoms in total. The second-order valence-electron chi connectivity index (χ2n) is 12.9. The number of aromatic hydroxyl groups is 5. The topological polar surface area (TPSA) is 224 Å². The first-order chi connectivity index (χ1) is 26.9. The number of carbonyl (C=O) groups excluding carboxylic acids is 2. The molecule has 2 atom stereocenters. The number of hydrogen-bond donors (Lipinski definition) is 8. The van der Waals surface area contributed by atoms with E-state index in [-0.39, 0.29) is 93.5 Å². The van der Waals surface area contributed by atoms with E-state index in [4.69, 9.17) is 14.2 Å². The molecule has 13 heteroatoms. The molecule has 0 radical (unpaired) electrons. The molecule has 8 rings (SSSR count). The summed E-state index contributed by atoms with van der Waals surface area (Å²) in [4.78, 5) is 24.6. The number of ketones is 2. The predicted octanol–water partition coefficient (Wildman–Crippen LogP) is 6.40. The van der Waals surface area contributed by atoms with Gasteiger partial charge in [0.2, 0.25) is 0 Å². The number of benzene rings is 5. The normalized spacial score (nSPS) is 16.3. The van der Waals surface area contributed by atoms with Crippen molar-refractivity contribution in [2.24, 2.45) is 0 Å². The van der Waals surface area contributed by atoms with E-state index in [1.54, 1.807) is 12.2 Å². The fourth-order valence-corrected chi connectivity index (χ4v) is 6.35. The molecule has 0 aliphatic carbocycles. The molecular formula is C43H38O13. The van der Waals surface area contributed by atoms with Gasteiger partial charge in [0, 0.05) is 22.8 Å². The molecule has 5 aromatic carbocycles. The predicted molar refractivity (Wildman–Crippen MR) is 202 cm³/mol. The highest BCUT2D eigenvalue weighted by Gasteiger charge is 2.34. The van der Waals surface area contributed by atoms with E-state index in [1.807, 2.05) is 60.7 Å². The summed E-state index contributed by atoms with van der Waals surface area (Å²) in [6, 6.07) is 23.9. The van der Waals surface area contributed by atoms with Crippen molar-refractivity contribution in [1.82, 2.24) is 0 Å². The van der Waals surface area contributed by atoms with E-state index in [1.165, 1.54) is 24.3 Å². The Kier molecular flexibility index (Phi) is 11.6. The molecule has 3 aliphatic rings. The minimum atomic E-state index is -0.523. The third kappa shape index (κ3) is 8.00. The lowest BCUT2D eigenvalue weighted by molar-refractivity contribution is 0.0829. The largest absolute Gasteiger partial charge is 0.507 e. The highest BCUT2D eigenvalue weighted by atomic mass is 16.5. The van der Waals surface area contributed by atoms with Crippen LogP contribution in [0.5, 0.6) is 46.0 Å². The van der Waals surface area contributed by atoms with Gasteiger partial charge in [0.1, 0.15) is 35.0 Å². The summed E-state index contributed by atoms with van der Waals surface area (Å²) in [6.07, 6.45) is 2.71. The number of ether oxygens (including phenoxy) is 3. The summed E-state index contributed by atoms with van der Waals surface area (Å²) in [5, 5.41) is 76.5. The Morgan fingerprint density at radius 3 is 1.77 bits per heavy atom. The molecule has 8 N–H and O–H groups in total. The van der Waals surface area contributed by atoms with E-state index in [2.05, 4.69) is 6.58 Å². The molecule has 0 spiro atoms. The molecule has 2 unspecified atom stereocenters. The fraction of sp³-hybridized carbons (Fsp3) is 0.163. The van der Waals surface area contributed by atoms with Crippen LogP contribution in [0.3, 0.4) is 0 Å². The first-order valence-electron chi connectivity index (χ1n) is 17.3. The SMILES string of the molecule is C=C1C=Cc2cc(O)c(O)cc2O1.O=C1CC(c2ccccc2)Oc2c(O)c(CO)cc(O)c21.O=C1CC(c2ccccc2)Oc2c1cc(CO)c(CO)c2O. The van der Waals surface area contributed by atoms with Crippen molar-refractivity contribution in [2.45, 2.75) is 44.9 Å².